The van der Waals surface area contributed by atoms with E-state index in [9.17, 15) is 4.79 Å². The van der Waals surface area contributed by atoms with Crippen LogP contribution in [0.25, 0.3) is 11.3 Å². The minimum atomic E-state index is -0.132. The molecule has 0 saturated heterocycles. The SMILES string of the molecule is CN(C)c1ccc(/C=N/Nc2nc(-c3ccc(NC(=O)c4ccccc4)cc3)cs2)cc1. The van der Waals surface area contributed by atoms with Crippen LogP contribution in [0, 0.1) is 0 Å². The molecule has 4 aromatic rings. The van der Waals surface area contributed by atoms with E-state index in [1.165, 1.54) is 11.3 Å². The number of benzene rings is 3. The molecule has 0 fully saturated rings. The Bertz CT molecular complexity index is 1200. The number of carbonyl (C=O) groups is 1. The van der Waals surface area contributed by atoms with E-state index >= 15 is 0 Å². The van der Waals surface area contributed by atoms with Crippen molar-refractivity contribution in [3.8, 4) is 11.3 Å². The van der Waals surface area contributed by atoms with Crippen molar-refractivity contribution in [1.82, 2.24) is 4.98 Å². The van der Waals surface area contributed by atoms with Gasteiger partial charge >= 0.3 is 0 Å². The minimum Gasteiger partial charge on any atom is -0.378 e. The minimum absolute atomic E-state index is 0.132. The molecule has 0 saturated carbocycles. The monoisotopic (exact) mass is 441 g/mol. The smallest absolute Gasteiger partial charge is 0.255 e. The zero-order valence-corrected chi connectivity index (χ0v) is 18.6. The lowest BCUT2D eigenvalue weighted by Crippen LogP contribution is -2.11. The first-order valence-electron chi connectivity index (χ1n) is 10.1. The molecule has 0 aliphatic carbocycles. The topological polar surface area (TPSA) is 69.6 Å². The van der Waals surface area contributed by atoms with E-state index in [4.69, 9.17) is 0 Å². The Morgan fingerprint density at radius 3 is 2.38 bits per heavy atom. The lowest BCUT2D eigenvalue weighted by atomic mass is 10.1. The summed E-state index contributed by atoms with van der Waals surface area (Å²) in [4.78, 5) is 18.9. The van der Waals surface area contributed by atoms with Gasteiger partial charge in [-0.25, -0.2) is 4.98 Å². The van der Waals surface area contributed by atoms with Crippen LogP contribution in [0.1, 0.15) is 15.9 Å². The summed E-state index contributed by atoms with van der Waals surface area (Å²) in [6.45, 7) is 0. The molecule has 0 bridgehead atoms. The summed E-state index contributed by atoms with van der Waals surface area (Å²) in [6, 6.07) is 24.9. The fourth-order valence-corrected chi connectivity index (χ4v) is 3.66. The maximum Gasteiger partial charge on any atom is 0.255 e. The highest BCUT2D eigenvalue weighted by Crippen LogP contribution is 2.26. The van der Waals surface area contributed by atoms with Gasteiger partial charge in [-0.1, -0.05) is 42.5 Å². The molecule has 0 aliphatic rings. The summed E-state index contributed by atoms with van der Waals surface area (Å²) in [5.41, 5.74) is 8.32. The molecule has 0 unspecified atom stereocenters. The number of hydrazone groups is 1. The summed E-state index contributed by atoms with van der Waals surface area (Å²) < 4.78 is 0. The Labute approximate surface area is 191 Å². The first-order chi connectivity index (χ1) is 15.6. The van der Waals surface area contributed by atoms with Crippen molar-refractivity contribution >= 4 is 40.0 Å². The van der Waals surface area contributed by atoms with E-state index in [-0.39, 0.29) is 5.91 Å². The molecular weight excluding hydrogens is 418 g/mol. The summed E-state index contributed by atoms with van der Waals surface area (Å²) in [7, 11) is 4.03. The van der Waals surface area contributed by atoms with Crippen molar-refractivity contribution in [2.45, 2.75) is 0 Å². The highest BCUT2D eigenvalue weighted by atomic mass is 32.1. The van der Waals surface area contributed by atoms with Crippen LogP contribution < -0.4 is 15.6 Å². The van der Waals surface area contributed by atoms with Crippen molar-refractivity contribution in [3.05, 3.63) is 95.4 Å². The van der Waals surface area contributed by atoms with E-state index < -0.39 is 0 Å². The van der Waals surface area contributed by atoms with Crippen molar-refractivity contribution in [1.29, 1.82) is 0 Å². The number of thiazole rings is 1. The van der Waals surface area contributed by atoms with Crippen LogP contribution in [0.5, 0.6) is 0 Å². The van der Waals surface area contributed by atoms with Crippen LogP contribution in [0.3, 0.4) is 0 Å². The molecule has 3 aromatic carbocycles. The molecule has 1 heterocycles. The van der Waals surface area contributed by atoms with E-state index in [2.05, 4.69) is 37.9 Å². The zero-order valence-electron chi connectivity index (χ0n) is 17.8. The van der Waals surface area contributed by atoms with Gasteiger partial charge in [-0.15, -0.1) is 11.3 Å². The lowest BCUT2D eigenvalue weighted by Gasteiger charge is -2.11. The molecule has 2 N–H and O–H groups in total. The van der Waals surface area contributed by atoms with E-state index in [1.807, 2.05) is 74.1 Å². The Balaban J connectivity index is 1.35. The van der Waals surface area contributed by atoms with Gasteiger partial charge in [-0.2, -0.15) is 5.10 Å². The van der Waals surface area contributed by atoms with Gasteiger partial charge in [0.05, 0.1) is 11.9 Å². The van der Waals surface area contributed by atoms with Crippen LogP contribution in [0.4, 0.5) is 16.5 Å². The molecule has 0 radical (unpaired) electrons. The molecular formula is C25H23N5OS. The third-order valence-electron chi connectivity index (χ3n) is 4.76. The largest absolute Gasteiger partial charge is 0.378 e. The number of hydrogen-bond acceptors (Lipinski definition) is 6. The first-order valence-corrected chi connectivity index (χ1v) is 11.0. The van der Waals surface area contributed by atoms with Crippen molar-refractivity contribution in [3.63, 3.8) is 0 Å². The van der Waals surface area contributed by atoms with Crippen molar-refractivity contribution in [2.75, 3.05) is 29.7 Å². The van der Waals surface area contributed by atoms with Gasteiger partial charge in [0.15, 0.2) is 0 Å². The quantitative estimate of drug-likeness (QED) is 0.290. The molecule has 0 aliphatic heterocycles. The molecule has 6 nitrogen and oxygen atoms in total. The third-order valence-corrected chi connectivity index (χ3v) is 5.51. The van der Waals surface area contributed by atoms with Gasteiger partial charge < -0.3 is 10.2 Å². The Kier molecular flexibility index (Phi) is 6.57. The molecule has 0 atom stereocenters. The number of nitrogens with one attached hydrogen (secondary N) is 2. The number of carbonyl (C=O) groups excluding carboxylic acids is 1. The van der Waals surface area contributed by atoms with Crippen molar-refractivity contribution < 1.29 is 4.79 Å². The lowest BCUT2D eigenvalue weighted by molar-refractivity contribution is 0.102. The molecule has 7 heteroatoms. The molecule has 1 aromatic heterocycles. The molecule has 0 spiro atoms. The van der Waals surface area contributed by atoms with Crippen LogP contribution in [-0.2, 0) is 0 Å². The summed E-state index contributed by atoms with van der Waals surface area (Å²) >= 11 is 1.49. The van der Waals surface area contributed by atoms with Crippen LogP contribution >= 0.6 is 11.3 Å². The normalized spacial score (nSPS) is 10.8. The number of anilines is 3. The summed E-state index contributed by atoms with van der Waals surface area (Å²) in [5, 5.41) is 9.87. The maximum atomic E-state index is 12.3. The maximum absolute atomic E-state index is 12.3. The third kappa shape index (κ3) is 5.39. The zero-order chi connectivity index (χ0) is 22.3. The number of rotatable bonds is 7. The molecule has 4 rings (SSSR count). The number of hydrogen-bond donors (Lipinski definition) is 2. The van der Waals surface area contributed by atoms with Crippen LogP contribution in [0.2, 0.25) is 0 Å². The second kappa shape index (κ2) is 9.89. The predicted octanol–water partition coefficient (Wildman–Crippen LogP) is 5.57. The summed E-state index contributed by atoms with van der Waals surface area (Å²) in [5.74, 6) is -0.132. The Morgan fingerprint density at radius 1 is 0.969 bits per heavy atom. The summed E-state index contributed by atoms with van der Waals surface area (Å²) in [6.07, 6.45) is 1.77. The molecule has 32 heavy (non-hydrogen) atoms. The van der Waals surface area contributed by atoms with Gasteiger partial charge in [0.25, 0.3) is 5.91 Å². The van der Waals surface area contributed by atoms with Crippen LogP contribution in [0.15, 0.2) is 89.3 Å². The standard InChI is InChI=1S/C25H23N5OS/c1-30(2)22-14-8-18(9-15-22)16-26-29-25-28-23(17-32-25)19-10-12-21(13-11-19)27-24(31)20-6-4-3-5-7-20/h3-17H,1-2H3,(H,27,31)(H,28,29)/b26-16+. The second-order valence-electron chi connectivity index (χ2n) is 7.29. The fourth-order valence-electron chi connectivity index (χ4n) is 3.00. The van der Waals surface area contributed by atoms with Gasteiger partial charge in [-0.05, 0) is 42.0 Å². The van der Waals surface area contributed by atoms with Crippen molar-refractivity contribution in [2.24, 2.45) is 5.10 Å². The highest BCUT2D eigenvalue weighted by molar-refractivity contribution is 7.14. The number of amides is 1. The van der Waals surface area contributed by atoms with Gasteiger partial charge in [0.2, 0.25) is 5.13 Å². The number of aromatic nitrogens is 1. The Morgan fingerprint density at radius 2 is 1.69 bits per heavy atom. The van der Waals surface area contributed by atoms with Crippen LogP contribution in [-0.4, -0.2) is 31.2 Å². The Hall–Kier alpha value is -3.97. The fraction of sp³-hybridized carbons (Fsp3) is 0.0800. The van der Waals surface area contributed by atoms with Gasteiger partial charge in [0, 0.05) is 42.0 Å². The predicted molar refractivity (Wildman–Crippen MR) is 134 cm³/mol. The first kappa shape index (κ1) is 21.3. The van der Waals surface area contributed by atoms with E-state index in [0.29, 0.717) is 10.7 Å². The van der Waals surface area contributed by atoms with E-state index in [0.717, 1.165) is 28.2 Å². The average molecular weight is 442 g/mol. The van der Waals surface area contributed by atoms with Gasteiger partial charge in [0.1, 0.15) is 0 Å². The second-order valence-corrected chi connectivity index (χ2v) is 8.15. The van der Waals surface area contributed by atoms with E-state index in [1.54, 1.807) is 18.3 Å². The average Bonchev–Trinajstić information content (AvgIpc) is 3.29. The van der Waals surface area contributed by atoms with Gasteiger partial charge in [-0.3, -0.25) is 10.2 Å². The molecule has 160 valence electrons. The number of nitrogens with zero attached hydrogens (tertiary/aromatic N) is 3. The molecule has 1 amide bonds. The highest BCUT2D eigenvalue weighted by Gasteiger charge is 2.07.